The third-order valence-electron chi connectivity index (χ3n) is 2.53. The van der Waals surface area contributed by atoms with Crippen LogP contribution in [-0.2, 0) is 16.0 Å². The van der Waals surface area contributed by atoms with Crippen molar-refractivity contribution in [3.63, 3.8) is 0 Å². The normalized spacial score (nSPS) is 9.95. The summed E-state index contributed by atoms with van der Waals surface area (Å²) in [4.78, 5) is 31.0. The van der Waals surface area contributed by atoms with Gasteiger partial charge in [0.25, 0.3) is 11.4 Å². The minimum atomic E-state index is -0.689. The van der Waals surface area contributed by atoms with Crippen LogP contribution in [0.15, 0.2) is 18.2 Å². The third kappa shape index (κ3) is 4.02. The van der Waals surface area contributed by atoms with Gasteiger partial charge >= 0.3 is 5.97 Å². The molecule has 0 aromatic heterocycles. The predicted octanol–water partition coefficient (Wildman–Crippen LogP) is 2.00. The Kier molecular flexibility index (Phi) is 4.92. The van der Waals surface area contributed by atoms with Crippen molar-refractivity contribution in [3.8, 4) is 0 Å². The highest BCUT2D eigenvalue weighted by molar-refractivity contribution is 5.69. The molecule has 19 heavy (non-hydrogen) atoms. The second kappa shape index (κ2) is 6.43. The molecular formula is C11H12N2O6. The molecule has 0 amide bonds. The molecule has 0 spiro atoms. The molecule has 0 aliphatic carbocycles. The number of methoxy groups -OCH3 is 1. The van der Waals surface area contributed by atoms with Gasteiger partial charge in [-0.3, -0.25) is 25.0 Å². The van der Waals surface area contributed by atoms with E-state index in [9.17, 15) is 25.0 Å². The smallest absolute Gasteiger partial charge is 0.305 e. The molecule has 0 bridgehead atoms. The number of carbonyl (C=O) groups excluding carboxylic acids is 1. The van der Waals surface area contributed by atoms with E-state index in [1.165, 1.54) is 19.2 Å². The molecule has 1 rings (SSSR count). The number of nitro benzene ring substituents is 2. The zero-order chi connectivity index (χ0) is 14.4. The van der Waals surface area contributed by atoms with Gasteiger partial charge in [-0.25, -0.2) is 0 Å². The number of hydrogen-bond acceptors (Lipinski definition) is 6. The number of carbonyl (C=O) groups is 1. The van der Waals surface area contributed by atoms with Crippen LogP contribution in [0.5, 0.6) is 0 Å². The first kappa shape index (κ1) is 14.6. The molecule has 102 valence electrons. The van der Waals surface area contributed by atoms with Gasteiger partial charge in [-0.05, 0) is 18.9 Å². The van der Waals surface area contributed by atoms with Gasteiger partial charge in [-0.15, -0.1) is 0 Å². The summed E-state index contributed by atoms with van der Waals surface area (Å²) in [6.45, 7) is 0. The molecule has 1 aromatic carbocycles. The van der Waals surface area contributed by atoms with Gasteiger partial charge in [0.1, 0.15) is 0 Å². The summed E-state index contributed by atoms with van der Waals surface area (Å²) < 4.78 is 4.45. The molecule has 0 aliphatic heterocycles. The first-order chi connectivity index (χ1) is 8.95. The van der Waals surface area contributed by atoms with E-state index in [1.807, 2.05) is 0 Å². The van der Waals surface area contributed by atoms with Gasteiger partial charge in [0, 0.05) is 18.1 Å². The van der Waals surface area contributed by atoms with Crippen molar-refractivity contribution in [2.45, 2.75) is 19.3 Å². The highest BCUT2D eigenvalue weighted by atomic mass is 16.6. The van der Waals surface area contributed by atoms with Crippen molar-refractivity contribution < 1.29 is 19.4 Å². The molecule has 0 heterocycles. The Bertz CT molecular complexity index is 514. The van der Waals surface area contributed by atoms with Crippen LogP contribution in [0, 0.1) is 20.2 Å². The average molecular weight is 268 g/mol. The quantitative estimate of drug-likeness (QED) is 0.443. The monoisotopic (exact) mass is 268 g/mol. The Labute approximate surface area is 108 Å². The van der Waals surface area contributed by atoms with Crippen LogP contribution in [0.2, 0.25) is 0 Å². The number of non-ortho nitro benzene ring substituents is 1. The van der Waals surface area contributed by atoms with Crippen LogP contribution in [0.4, 0.5) is 11.4 Å². The van der Waals surface area contributed by atoms with Crippen molar-refractivity contribution in [3.05, 3.63) is 44.0 Å². The van der Waals surface area contributed by atoms with Crippen molar-refractivity contribution in [2.24, 2.45) is 0 Å². The third-order valence-corrected chi connectivity index (χ3v) is 2.53. The minimum absolute atomic E-state index is 0.143. The molecule has 0 saturated carbocycles. The Morgan fingerprint density at radius 3 is 2.47 bits per heavy atom. The molecule has 0 radical (unpaired) electrons. The lowest BCUT2D eigenvalue weighted by molar-refractivity contribution is -0.394. The van der Waals surface area contributed by atoms with Crippen LogP contribution < -0.4 is 0 Å². The molecule has 8 nitrogen and oxygen atoms in total. The molecule has 0 unspecified atom stereocenters. The van der Waals surface area contributed by atoms with Gasteiger partial charge in [-0.1, -0.05) is 0 Å². The van der Waals surface area contributed by atoms with E-state index < -0.39 is 15.8 Å². The lowest BCUT2D eigenvalue weighted by atomic mass is 10.1. The van der Waals surface area contributed by atoms with E-state index in [1.54, 1.807) is 0 Å². The zero-order valence-electron chi connectivity index (χ0n) is 10.2. The summed E-state index contributed by atoms with van der Waals surface area (Å²) in [5.74, 6) is -0.399. The topological polar surface area (TPSA) is 113 Å². The number of nitro groups is 2. The van der Waals surface area contributed by atoms with Crippen molar-refractivity contribution in [1.29, 1.82) is 0 Å². The lowest BCUT2D eigenvalue weighted by Gasteiger charge is -2.02. The van der Waals surface area contributed by atoms with Crippen molar-refractivity contribution in [2.75, 3.05) is 7.11 Å². The van der Waals surface area contributed by atoms with Gasteiger partial charge in [0.05, 0.1) is 23.0 Å². The maximum atomic E-state index is 10.9. The summed E-state index contributed by atoms with van der Waals surface area (Å²) in [7, 11) is 1.26. The molecule has 1 aromatic rings. The number of esters is 1. The summed E-state index contributed by atoms with van der Waals surface area (Å²) in [5.41, 5.74) is -0.276. The second-order valence-electron chi connectivity index (χ2n) is 3.76. The first-order valence-corrected chi connectivity index (χ1v) is 5.44. The summed E-state index contributed by atoms with van der Waals surface area (Å²) in [5, 5.41) is 21.4. The summed E-state index contributed by atoms with van der Waals surface area (Å²) in [6, 6.07) is 3.47. The van der Waals surface area contributed by atoms with E-state index in [2.05, 4.69) is 4.74 Å². The average Bonchev–Trinajstić information content (AvgIpc) is 2.38. The number of nitrogens with zero attached hydrogens (tertiary/aromatic N) is 2. The van der Waals surface area contributed by atoms with E-state index >= 15 is 0 Å². The summed E-state index contributed by atoms with van der Waals surface area (Å²) >= 11 is 0. The number of ether oxygens (including phenoxy) is 1. The fourth-order valence-corrected chi connectivity index (χ4v) is 1.57. The van der Waals surface area contributed by atoms with Crippen molar-refractivity contribution >= 4 is 17.3 Å². The van der Waals surface area contributed by atoms with Crippen molar-refractivity contribution in [1.82, 2.24) is 0 Å². The minimum Gasteiger partial charge on any atom is -0.469 e. The van der Waals surface area contributed by atoms with Crippen LogP contribution >= 0.6 is 0 Å². The molecule has 0 fully saturated rings. The van der Waals surface area contributed by atoms with Gasteiger partial charge in [0.2, 0.25) is 0 Å². The zero-order valence-corrected chi connectivity index (χ0v) is 10.2. The standard InChI is InChI=1S/C11H12N2O6/c1-19-11(14)4-2-3-8-5-6-9(12(15)16)7-10(8)13(17)18/h5-7H,2-4H2,1H3. The SMILES string of the molecule is COC(=O)CCCc1ccc([N+](=O)[O-])cc1[N+](=O)[O-]. The lowest BCUT2D eigenvalue weighted by Crippen LogP contribution is -2.02. The van der Waals surface area contributed by atoms with Gasteiger partial charge < -0.3 is 4.74 Å². The Balaban J connectivity index is 2.85. The molecule has 0 aliphatic rings. The number of benzene rings is 1. The summed E-state index contributed by atoms with van der Waals surface area (Å²) in [6.07, 6.45) is 0.805. The van der Waals surface area contributed by atoms with Crippen LogP contribution in [-0.4, -0.2) is 22.9 Å². The first-order valence-electron chi connectivity index (χ1n) is 5.44. The maximum absolute atomic E-state index is 10.9. The Morgan fingerprint density at radius 2 is 1.95 bits per heavy atom. The highest BCUT2D eigenvalue weighted by Crippen LogP contribution is 2.25. The van der Waals surface area contributed by atoms with Crippen LogP contribution in [0.1, 0.15) is 18.4 Å². The van der Waals surface area contributed by atoms with Crippen LogP contribution in [0.3, 0.4) is 0 Å². The van der Waals surface area contributed by atoms with E-state index in [-0.39, 0.29) is 24.2 Å². The second-order valence-corrected chi connectivity index (χ2v) is 3.76. The number of hydrogen-bond donors (Lipinski definition) is 0. The number of rotatable bonds is 6. The van der Waals surface area contributed by atoms with E-state index in [4.69, 9.17) is 0 Å². The Morgan fingerprint density at radius 1 is 1.26 bits per heavy atom. The van der Waals surface area contributed by atoms with Gasteiger partial charge in [0.15, 0.2) is 0 Å². The highest BCUT2D eigenvalue weighted by Gasteiger charge is 2.19. The fourth-order valence-electron chi connectivity index (χ4n) is 1.57. The Hall–Kier alpha value is -2.51. The molecule has 0 saturated heterocycles. The van der Waals surface area contributed by atoms with Gasteiger partial charge in [-0.2, -0.15) is 0 Å². The molecule has 0 atom stereocenters. The fraction of sp³-hybridized carbons (Fsp3) is 0.364. The molecule has 0 N–H and O–H groups in total. The van der Waals surface area contributed by atoms with Crippen LogP contribution in [0.25, 0.3) is 0 Å². The predicted molar refractivity (Wildman–Crippen MR) is 64.7 cm³/mol. The van der Waals surface area contributed by atoms with E-state index in [0.29, 0.717) is 12.0 Å². The molecular weight excluding hydrogens is 256 g/mol. The molecule has 8 heteroatoms. The number of aryl methyl sites for hydroxylation is 1. The maximum Gasteiger partial charge on any atom is 0.305 e. The van der Waals surface area contributed by atoms with E-state index in [0.717, 1.165) is 6.07 Å². The largest absolute Gasteiger partial charge is 0.469 e.